The van der Waals surface area contributed by atoms with Gasteiger partial charge >= 0.3 is 0 Å². The fourth-order valence-corrected chi connectivity index (χ4v) is 3.20. The first-order valence-electron chi connectivity index (χ1n) is 8.04. The van der Waals surface area contributed by atoms with Gasteiger partial charge in [-0.05, 0) is 25.8 Å². The lowest BCUT2D eigenvalue weighted by atomic mass is 9.96. The summed E-state index contributed by atoms with van der Waals surface area (Å²) in [6.45, 7) is 4.70. The number of hydrogen-bond acceptors (Lipinski definition) is 4. The van der Waals surface area contributed by atoms with Crippen molar-refractivity contribution in [3.63, 3.8) is 0 Å². The van der Waals surface area contributed by atoms with Crippen LogP contribution in [0.2, 0.25) is 0 Å². The summed E-state index contributed by atoms with van der Waals surface area (Å²) in [5.41, 5.74) is 2.10. The van der Waals surface area contributed by atoms with Crippen LogP contribution in [0.5, 0.6) is 5.75 Å². The molecule has 2 atom stereocenters. The summed E-state index contributed by atoms with van der Waals surface area (Å²) in [7, 11) is 1.39. The molecule has 126 valence electrons. The molecule has 0 spiro atoms. The molecule has 2 aromatic rings. The summed E-state index contributed by atoms with van der Waals surface area (Å²) in [4.78, 5) is 26.3. The Morgan fingerprint density at radius 3 is 2.62 bits per heavy atom. The summed E-state index contributed by atoms with van der Waals surface area (Å²) in [6.07, 6.45) is 2.09. The molecule has 5 nitrogen and oxygen atoms in total. The van der Waals surface area contributed by atoms with Crippen LogP contribution in [-0.4, -0.2) is 30.5 Å². The quantitative estimate of drug-likeness (QED) is 0.869. The zero-order valence-electron chi connectivity index (χ0n) is 14.1. The van der Waals surface area contributed by atoms with Crippen LogP contribution in [0.25, 0.3) is 0 Å². The number of carbonyl (C=O) groups is 1. The smallest absolute Gasteiger partial charge is 0.289 e. The van der Waals surface area contributed by atoms with E-state index in [9.17, 15) is 9.59 Å². The average molecular weight is 327 g/mol. The summed E-state index contributed by atoms with van der Waals surface area (Å²) >= 11 is 0. The lowest BCUT2D eigenvalue weighted by Crippen LogP contribution is -2.34. The predicted molar refractivity (Wildman–Crippen MR) is 90.6 cm³/mol. The fourth-order valence-electron chi connectivity index (χ4n) is 3.20. The highest BCUT2D eigenvalue weighted by atomic mass is 16.5. The first kappa shape index (κ1) is 16.3. The molecule has 0 bridgehead atoms. The number of carbonyl (C=O) groups excluding carboxylic acids is 1. The molecular weight excluding hydrogens is 306 g/mol. The van der Waals surface area contributed by atoms with Gasteiger partial charge in [0.05, 0.1) is 7.11 Å². The molecule has 0 saturated carbocycles. The van der Waals surface area contributed by atoms with E-state index in [-0.39, 0.29) is 28.9 Å². The van der Waals surface area contributed by atoms with E-state index >= 15 is 0 Å². The third-order valence-electron chi connectivity index (χ3n) is 4.61. The number of likely N-dealkylation sites (tertiary alicyclic amines) is 1. The van der Waals surface area contributed by atoms with Gasteiger partial charge in [-0.15, -0.1) is 0 Å². The molecule has 0 unspecified atom stereocenters. The molecule has 1 amide bonds. The Kier molecular flexibility index (Phi) is 4.42. The minimum absolute atomic E-state index is 0.0530. The van der Waals surface area contributed by atoms with E-state index in [2.05, 4.69) is 31.2 Å². The van der Waals surface area contributed by atoms with E-state index in [1.807, 2.05) is 6.92 Å². The number of hydrogen-bond donors (Lipinski definition) is 0. The molecule has 3 rings (SSSR count). The average Bonchev–Trinajstić information content (AvgIpc) is 2.96. The Labute approximate surface area is 140 Å². The SMILES string of the molecule is COc1coc(C(=O)N2C[C@@H](c3ccc(C)cc3)C[C@H]2C)cc1=O. The Bertz CT molecular complexity index is 794. The van der Waals surface area contributed by atoms with Gasteiger partial charge in [0, 0.05) is 24.6 Å². The van der Waals surface area contributed by atoms with Crippen molar-refractivity contribution in [2.45, 2.75) is 32.2 Å². The second-order valence-corrected chi connectivity index (χ2v) is 6.33. The lowest BCUT2D eigenvalue weighted by molar-refractivity contribution is 0.0710. The van der Waals surface area contributed by atoms with Crippen molar-refractivity contribution >= 4 is 5.91 Å². The van der Waals surface area contributed by atoms with Crippen molar-refractivity contribution in [1.82, 2.24) is 4.90 Å². The minimum Gasteiger partial charge on any atom is -0.490 e. The highest BCUT2D eigenvalue weighted by Crippen LogP contribution is 2.32. The number of benzene rings is 1. The molecule has 5 heteroatoms. The number of amides is 1. The van der Waals surface area contributed by atoms with Crippen molar-refractivity contribution in [3.8, 4) is 5.75 Å². The third-order valence-corrected chi connectivity index (χ3v) is 4.61. The van der Waals surface area contributed by atoms with E-state index < -0.39 is 0 Å². The van der Waals surface area contributed by atoms with E-state index in [1.54, 1.807) is 4.90 Å². The second-order valence-electron chi connectivity index (χ2n) is 6.33. The molecule has 2 heterocycles. The van der Waals surface area contributed by atoms with E-state index in [4.69, 9.17) is 9.15 Å². The van der Waals surface area contributed by atoms with Crippen LogP contribution in [0, 0.1) is 6.92 Å². The number of nitrogens with zero attached hydrogens (tertiary/aromatic N) is 1. The Morgan fingerprint density at radius 1 is 1.29 bits per heavy atom. The predicted octanol–water partition coefficient (Wildman–Crippen LogP) is 2.98. The first-order valence-corrected chi connectivity index (χ1v) is 8.04. The van der Waals surface area contributed by atoms with Gasteiger partial charge in [-0.1, -0.05) is 29.8 Å². The number of rotatable bonds is 3. The van der Waals surface area contributed by atoms with Crippen LogP contribution in [-0.2, 0) is 0 Å². The van der Waals surface area contributed by atoms with Crippen molar-refractivity contribution in [2.75, 3.05) is 13.7 Å². The second kappa shape index (κ2) is 6.51. The number of ether oxygens (including phenoxy) is 1. The molecular formula is C19H21NO4. The molecule has 24 heavy (non-hydrogen) atoms. The van der Waals surface area contributed by atoms with Gasteiger partial charge in [0.25, 0.3) is 5.91 Å². The highest BCUT2D eigenvalue weighted by Gasteiger charge is 2.34. The van der Waals surface area contributed by atoms with Crippen LogP contribution in [0.1, 0.15) is 40.9 Å². The fraction of sp³-hybridized carbons (Fsp3) is 0.368. The first-order chi connectivity index (χ1) is 11.5. The van der Waals surface area contributed by atoms with Gasteiger partial charge in [0.15, 0.2) is 5.76 Å². The van der Waals surface area contributed by atoms with Crippen LogP contribution in [0.3, 0.4) is 0 Å². The molecule has 1 aliphatic rings. The lowest BCUT2D eigenvalue weighted by Gasteiger charge is -2.20. The zero-order valence-corrected chi connectivity index (χ0v) is 14.1. The van der Waals surface area contributed by atoms with E-state index in [0.29, 0.717) is 12.5 Å². The van der Waals surface area contributed by atoms with Crippen molar-refractivity contribution in [2.24, 2.45) is 0 Å². The zero-order chi connectivity index (χ0) is 17.3. The molecule has 0 aliphatic carbocycles. The van der Waals surface area contributed by atoms with Crippen molar-refractivity contribution < 1.29 is 13.9 Å². The van der Waals surface area contributed by atoms with Crippen LogP contribution in [0.15, 0.2) is 45.8 Å². The van der Waals surface area contributed by atoms with Crippen molar-refractivity contribution in [1.29, 1.82) is 0 Å². The molecule has 1 aliphatic heterocycles. The molecule has 1 aromatic carbocycles. The Morgan fingerprint density at radius 2 is 2.00 bits per heavy atom. The molecule has 0 radical (unpaired) electrons. The summed E-state index contributed by atoms with van der Waals surface area (Å²) in [5.74, 6) is 0.196. The van der Waals surface area contributed by atoms with Gasteiger partial charge < -0.3 is 14.1 Å². The number of aryl methyl sites for hydroxylation is 1. The van der Waals surface area contributed by atoms with Gasteiger partial charge in [-0.25, -0.2) is 0 Å². The van der Waals surface area contributed by atoms with Crippen molar-refractivity contribution in [3.05, 3.63) is 63.7 Å². The Hall–Kier alpha value is -2.56. The molecule has 1 fully saturated rings. The monoisotopic (exact) mass is 327 g/mol. The molecule has 1 aromatic heterocycles. The van der Waals surface area contributed by atoms with Crippen LogP contribution in [0.4, 0.5) is 0 Å². The minimum atomic E-state index is -0.353. The normalized spacial score (nSPS) is 20.2. The van der Waals surface area contributed by atoms with E-state index in [0.717, 1.165) is 6.42 Å². The topological polar surface area (TPSA) is 59.8 Å². The number of methoxy groups -OCH3 is 1. The highest BCUT2D eigenvalue weighted by molar-refractivity contribution is 5.91. The van der Waals surface area contributed by atoms with E-state index in [1.165, 1.54) is 30.6 Å². The van der Waals surface area contributed by atoms with Crippen LogP contribution < -0.4 is 10.2 Å². The molecule has 0 N–H and O–H groups in total. The van der Waals surface area contributed by atoms with Gasteiger partial charge in [-0.3, -0.25) is 9.59 Å². The summed E-state index contributed by atoms with van der Waals surface area (Å²) < 4.78 is 10.2. The Balaban J connectivity index is 1.79. The maximum absolute atomic E-state index is 12.7. The van der Waals surface area contributed by atoms with Gasteiger partial charge in [-0.2, -0.15) is 0 Å². The maximum atomic E-state index is 12.7. The van der Waals surface area contributed by atoms with Gasteiger partial charge in [0.1, 0.15) is 6.26 Å². The summed E-state index contributed by atoms with van der Waals surface area (Å²) in [6, 6.07) is 9.71. The summed E-state index contributed by atoms with van der Waals surface area (Å²) in [5, 5.41) is 0. The van der Waals surface area contributed by atoms with Gasteiger partial charge in [0.2, 0.25) is 11.2 Å². The molecule has 1 saturated heterocycles. The van der Waals surface area contributed by atoms with Crippen LogP contribution >= 0.6 is 0 Å². The largest absolute Gasteiger partial charge is 0.490 e. The maximum Gasteiger partial charge on any atom is 0.289 e. The standard InChI is InChI=1S/C19H21NO4/c1-12-4-6-14(7-5-12)15-8-13(2)20(10-15)19(22)17-9-16(21)18(23-3)11-24-17/h4-7,9,11,13,15H,8,10H2,1-3H3/t13-,15+/m1/s1. The third kappa shape index (κ3) is 3.07.